The van der Waals surface area contributed by atoms with Crippen molar-refractivity contribution in [3.8, 4) is 0 Å². The molecule has 2 aliphatic heterocycles. The van der Waals surface area contributed by atoms with Crippen LogP contribution in [-0.2, 0) is 55.6 Å². The zero-order valence-corrected chi connectivity index (χ0v) is 46.8. The second kappa shape index (κ2) is 34.8. The van der Waals surface area contributed by atoms with Gasteiger partial charge in [-0.25, -0.2) is 13.4 Å². The molecule has 23 nitrogen and oxygen atoms in total. The number of aliphatic hydroxyl groups excluding tert-OH is 5. The third-order valence-electron chi connectivity index (χ3n) is 12.5. The van der Waals surface area contributed by atoms with Gasteiger partial charge in [0, 0.05) is 0 Å². The molecule has 0 bridgehead atoms. The fraction of sp³-hybridized carbons (Fsp3) is 0.957. The normalized spacial score (nSPS) is 27.4. The van der Waals surface area contributed by atoms with E-state index in [1.54, 1.807) is 20.8 Å². The largest absolute Gasteiger partial charge is 0.481 e. The average molecular weight is 1120 g/mol. The van der Waals surface area contributed by atoms with Crippen LogP contribution in [0.2, 0.25) is 0 Å². The molecule has 0 spiro atoms. The van der Waals surface area contributed by atoms with Crippen LogP contribution in [0.5, 0.6) is 0 Å². The molecule has 2 fully saturated rings. The molecule has 0 aromatic rings. The summed E-state index contributed by atoms with van der Waals surface area (Å²) in [5, 5.41) is 60.8. The lowest BCUT2D eigenvalue weighted by Crippen LogP contribution is -2.67. The van der Waals surface area contributed by atoms with E-state index < -0.39 is 146 Å². The van der Waals surface area contributed by atoms with Gasteiger partial charge in [0.05, 0.1) is 50.0 Å². The van der Waals surface area contributed by atoms with Crippen molar-refractivity contribution in [1.29, 1.82) is 0 Å². The molecule has 11 N–H and O–H groups in total. The second-order valence-electron chi connectivity index (χ2n) is 20.5. The summed E-state index contributed by atoms with van der Waals surface area (Å²) in [6, 6.07) is -3.57. The molecule has 14 atom stereocenters. The number of phosphoric ester groups is 2. The maximum Gasteiger partial charge on any atom is 0.481 e. The quantitative estimate of drug-likeness (QED) is 0.0253. The molecule has 0 radical (unpaired) electrons. The molecule has 432 valence electrons. The van der Waals surface area contributed by atoms with E-state index in [2.05, 4.69) is 28.8 Å². The second-order valence-corrected chi connectivity index (χ2v) is 25.2. The predicted molar refractivity (Wildman–Crippen MR) is 270 cm³/mol. The van der Waals surface area contributed by atoms with E-state index in [4.69, 9.17) is 28.0 Å². The third-order valence-corrected chi connectivity index (χ3v) is 16.3. The first kappa shape index (κ1) is 68.1. The lowest BCUT2D eigenvalue weighted by atomic mass is 9.95. The molecule has 73 heavy (non-hydrogen) atoms. The smallest absolute Gasteiger partial charge is 0.393 e. The number of hydrogen-bond donors (Lipinski definition) is 11. The molecule has 26 heteroatoms. The molecule has 2 saturated heterocycles. The van der Waals surface area contributed by atoms with Crippen LogP contribution >= 0.6 is 23.2 Å². The Kier molecular flexibility index (Phi) is 32.4. The van der Waals surface area contributed by atoms with Crippen molar-refractivity contribution in [3.05, 3.63) is 0 Å². The van der Waals surface area contributed by atoms with Crippen LogP contribution in [0.3, 0.4) is 0 Å². The highest BCUT2D eigenvalue weighted by atomic mass is 31.3. The van der Waals surface area contributed by atoms with Crippen LogP contribution in [-0.4, -0.2) is 155 Å². The number of carbonyl (C=O) groups excluding carboxylic acids is 2. The molecule has 0 aromatic carbocycles. The van der Waals surface area contributed by atoms with Crippen LogP contribution in [0.4, 0.5) is 0 Å². The van der Waals surface area contributed by atoms with Gasteiger partial charge in [0.15, 0.2) is 12.6 Å². The molecule has 2 heterocycles. The van der Waals surface area contributed by atoms with Crippen LogP contribution in [0.1, 0.15) is 189 Å². The summed E-state index contributed by atoms with van der Waals surface area (Å²) in [6.45, 7) is 9.52. The molecule has 0 aromatic heterocycles. The van der Waals surface area contributed by atoms with E-state index in [-0.39, 0.29) is 19.3 Å². The van der Waals surface area contributed by atoms with E-state index in [0.717, 1.165) is 77.0 Å². The minimum Gasteiger partial charge on any atom is -0.393 e. The van der Waals surface area contributed by atoms with E-state index >= 15 is 0 Å². The SMILES string of the molecule is CCCCCCCCCCC[C@@H](O)CC(=O)NC1[C@@H](OP(=O)(O)OP(=O)(O)CCC)OC(CO[C@@H]2OC(COC(C)(C)C)[C@@H](OP(=O)(O)O)[C@H](O)C2NC(=O)C[C@H](O)CCCCCCCCCCC)[C@@H](O)[C@@H]1O. The summed E-state index contributed by atoms with van der Waals surface area (Å²) in [4.78, 5) is 67.3. The first-order valence-corrected chi connectivity index (χ1v) is 31.3. The standard InChI is InChI=1S/C47H93N2O21P3/c1-7-10-12-14-16-18-20-22-24-26-33(50)29-37(52)48-39-42(55)41(54)35(66-46(39)69-73(62,63)70-71(57,58)28-9-3)31-64-45-40(43(56)44(68-72(59,60)61)36(67-45)32-65-47(4,5)6)49-38(53)30-34(51)27-25-23-21-19-17-15-13-11-8-2/h33-36,39-46,50-51,54-56H,7-32H2,1-6H3,(H,48,52)(H,49,53)(H,57,58)(H,62,63)(H2,59,60,61)/t33-,34-,35?,36?,39?,40?,41-,42-,43-,44-,45-,46-/m1/s1. The molecule has 2 rings (SSSR count). The number of nitrogens with one attached hydrogen (secondary N) is 2. The van der Waals surface area contributed by atoms with Gasteiger partial charge >= 0.3 is 23.2 Å². The summed E-state index contributed by atoms with van der Waals surface area (Å²) < 4.78 is 76.3. The molecule has 0 saturated carbocycles. The summed E-state index contributed by atoms with van der Waals surface area (Å²) in [7, 11) is -15.7. The summed E-state index contributed by atoms with van der Waals surface area (Å²) >= 11 is 0. The summed E-state index contributed by atoms with van der Waals surface area (Å²) in [6.07, 6.45) is 0.355. The predicted octanol–water partition coefficient (Wildman–Crippen LogP) is 5.87. The van der Waals surface area contributed by atoms with Crippen LogP contribution in [0.15, 0.2) is 0 Å². The van der Waals surface area contributed by atoms with E-state index in [1.165, 1.54) is 32.6 Å². The highest BCUT2D eigenvalue weighted by Gasteiger charge is 2.53. The average Bonchev–Trinajstić information content (AvgIpc) is 3.27. The molecular weight excluding hydrogens is 1020 g/mol. The van der Waals surface area contributed by atoms with E-state index in [0.29, 0.717) is 12.8 Å². The van der Waals surface area contributed by atoms with Crippen LogP contribution in [0.25, 0.3) is 0 Å². The Morgan fingerprint density at radius 1 is 0.575 bits per heavy atom. The molecule has 2 aliphatic rings. The number of hydrogen-bond acceptors (Lipinski definition) is 17. The van der Waals surface area contributed by atoms with Gasteiger partial charge in [-0.15, -0.1) is 0 Å². The van der Waals surface area contributed by atoms with Crippen molar-refractivity contribution < 1.29 is 101 Å². The Morgan fingerprint density at radius 2 is 1.01 bits per heavy atom. The zero-order valence-electron chi connectivity index (χ0n) is 44.1. The number of rotatable bonds is 39. The van der Waals surface area contributed by atoms with E-state index in [1.807, 2.05) is 0 Å². The number of aliphatic hydroxyl groups is 5. The first-order valence-electron chi connectivity index (χ1n) is 26.5. The maximum atomic E-state index is 13.5. The van der Waals surface area contributed by atoms with Gasteiger partial charge in [-0.2, -0.15) is 0 Å². The Hall–Kier alpha value is -1.01. The molecular formula is C47H93N2O21P3. The Morgan fingerprint density at radius 3 is 1.45 bits per heavy atom. The monoisotopic (exact) mass is 1110 g/mol. The number of unbranched alkanes of at least 4 members (excludes halogenated alkanes) is 16. The number of amides is 2. The fourth-order valence-corrected chi connectivity index (χ4v) is 12.0. The maximum absolute atomic E-state index is 13.5. The highest BCUT2D eigenvalue weighted by Crippen LogP contribution is 2.61. The van der Waals surface area contributed by atoms with Crippen molar-refractivity contribution in [2.45, 2.75) is 268 Å². The topological polar surface area (TPSA) is 356 Å². The minimum absolute atomic E-state index is 0.0623. The highest BCUT2D eigenvalue weighted by molar-refractivity contribution is 7.64. The van der Waals surface area contributed by atoms with Gasteiger partial charge in [0.1, 0.15) is 48.7 Å². The van der Waals surface area contributed by atoms with Crippen LogP contribution in [0, 0.1) is 0 Å². The van der Waals surface area contributed by atoms with Crippen molar-refractivity contribution in [1.82, 2.24) is 10.6 Å². The number of phosphoric acid groups is 2. The Balaban J connectivity index is 2.32. The molecule has 0 aliphatic carbocycles. The Labute approximate surface area is 432 Å². The number of ether oxygens (including phenoxy) is 4. The lowest BCUT2D eigenvalue weighted by Gasteiger charge is -2.46. The zero-order chi connectivity index (χ0) is 54.8. The number of carbonyl (C=O) groups is 2. The van der Waals surface area contributed by atoms with Crippen molar-refractivity contribution in [2.24, 2.45) is 0 Å². The van der Waals surface area contributed by atoms with Crippen LogP contribution < -0.4 is 10.6 Å². The van der Waals surface area contributed by atoms with Crippen molar-refractivity contribution in [2.75, 3.05) is 19.4 Å². The van der Waals surface area contributed by atoms with Gasteiger partial charge in [0.2, 0.25) is 11.8 Å². The van der Waals surface area contributed by atoms with Gasteiger partial charge in [-0.1, -0.05) is 136 Å². The van der Waals surface area contributed by atoms with E-state index in [9.17, 15) is 68.4 Å². The van der Waals surface area contributed by atoms with Crippen molar-refractivity contribution in [3.63, 3.8) is 0 Å². The van der Waals surface area contributed by atoms with Crippen molar-refractivity contribution >= 4 is 35.1 Å². The fourth-order valence-electron chi connectivity index (χ4n) is 8.61. The minimum atomic E-state index is -5.58. The summed E-state index contributed by atoms with van der Waals surface area (Å²) in [5.74, 6) is -1.70. The first-order chi connectivity index (χ1) is 34.2. The Bertz CT molecular complexity index is 1690. The lowest BCUT2D eigenvalue weighted by molar-refractivity contribution is -0.297. The summed E-state index contributed by atoms with van der Waals surface area (Å²) in [5.41, 5.74) is -0.856. The van der Waals surface area contributed by atoms with Gasteiger partial charge in [-0.3, -0.25) is 23.2 Å². The third kappa shape index (κ3) is 29.0. The molecule has 2 amide bonds. The van der Waals surface area contributed by atoms with Gasteiger partial charge < -0.3 is 74.7 Å². The van der Waals surface area contributed by atoms with Gasteiger partial charge in [-0.05, 0) is 40.0 Å². The van der Waals surface area contributed by atoms with Gasteiger partial charge in [0.25, 0.3) is 0 Å². The molecule has 6 unspecified atom stereocenters.